The minimum atomic E-state index is 0.491. The molecule has 0 unspecified atom stereocenters. The van der Waals surface area contributed by atoms with Crippen LogP contribution in [0.5, 0.6) is 5.88 Å². The van der Waals surface area contributed by atoms with Crippen LogP contribution in [0, 0.1) is 0 Å². The van der Waals surface area contributed by atoms with Crippen molar-refractivity contribution in [1.82, 2.24) is 4.98 Å². The molecule has 4 heteroatoms. The molecule has 0 amide bonds. The maximum atomic E-state index is 6.04. The van der Waals surface area contributed by atoms with Gasteiger partial charge in [-0.1, -0.05) is 29.3 Å². The number of ether oxygens (including phenoxy) is 1. The highest BCUT2D eigenvalue weighted by Gasteiger charge is 2.06. The second-order valence-corrected chi connectivity index (χ2v) is 3.59. The number of fused-ring (bicyclic) bond motifs is 1. The van der Waals surface area contributed by atoms with Crippen LogP contribution in [0.1, 0.15) is 0 Å². The van der Waals surface area contributed by atoms with Gasteiger partial charge in [0.15, 0.2) is 0 Å². The van der Waals surface area contributed by atoms with Crippen molar-refractivity contribution in [1.29, 1.82) is 0 Å². The van der Waals surface area contributed by atoms with Gasteiger partial charge in [0.2, 0.25) is 5.88 Å². The van der Waals surface area contributed by atoms with Gasteiger partial charge in [-0.2, -0.15) is 0 Å². The molecule has 0 aliphatic rings. The first kappa shape index (κ1) is 9.56. The molecular weight excluding hydrogens is 221 g/mol. The first-order chi connectivity index (χ1) is 6.72. The summed E-state index contributed by atoms with van der Waals surface area (Å²) < 4.78 is 5.00. The standard InChI is InChI=1S/C10H7Cl2NO/c1-14-9-5-7(12)10-6(11)3-2-4-8(10)13-9/h2-5H,1H3. The minimum Gasteiger partial charge on any atom is -0.481 e. The van der Waals surface area contributed by atoms with Crippen LogP contribution in [0.3, 0.4) is 0 Å². The highest BCUT2D eigenvalue weighted by atomic mass is 35.5. The van der Waals surface area contributed by atoms with Crippen molar-refractivity contribution in [2.24, 2.45) is 0 Å². The number of nitrogens with zero attached hydrogens (tertiary/aromatic N) is 1. The Bertz CT molecular complexity index is 485. The first-order valence-corrected chi connectivity index (χ1v) is 4.76. The van der Waals surface area contributed by atoms with E-state index in [-0.39, 0.29) is 0 Å². The molecule has 2 nitrogen and oxygen atoms in total. The molecule has 1 heterocycles. The van der Waals surface area contributed by atoms with Gasteiger partial charge in [-0.15, -0.1) is 0 Å². The van der Waals surface area contributed by atoms with Crippen molar-refractivity contribution in [2.45, 2.75) is 0 Å². The third kappa shape index (κ3) is 1.51. The summed E-state index contributed by atoms with van der Waals surface area (Å²) in [6.45, 7) is 0. The largest absolute Gasteiger partial charge is 0.481 e. The summed E-state index contributed by atoms with van der Waals surface area (Å²) in [5.41, 5.74) is 0.738. The second-order valence-electron chi connectivity index (χ2n) is 2.78. The molecule has 0 aliphatic carbocycles. The van der Waals surface area contributed by atoms with E-state index in [4.69, 9.17) is 27.9 Å². The van der Waals surface area contributed by atoms with Crippen molar-refractivity contribution in [3.8, 4) is 5.88 Å². The van der Waals surface area contributed by atoms with Crippen LogP contribution in [0.4, 0.5) is 0 Å². The summed E-state index contributed by atoms with van der Waals surface area (Å²) in [6, 6.07) is 7.10. The predicted molar refractivity (Wildman–Crippen MR) is 58.3 cm³/mol. The van der Waals surface area contributed by atoms with Crippen molar-refractivity contribution >= 4 is 34.1 Å². The summed E-state index contributed by atoms with van der Waals surface area (Å²) in [5, 5.41) is 1.91. The van der Waals surface area contributed by atoms with E-state index in [0.29, 0.717) is 15.9 Å². The van der Waals surface area contributed by atoms with Crippen molar-refractivity contribution in [2.75, 3.05) is 7.11 Å². The number of hydrogen-bond donors (Lipinski definition) is 0. The van der Waals surface area contributed by atoms with Gasteiger partial charge in [-0.25, -0.2) is 4.98 Å². The van der Waals surface area contributed by atoms with Crippen molar-refractivity contribution < 1.29 is 4.74 Å². The molecule has 0 aliphatic heterocycles. The maximum absolute atomic E-state index is 6.04. The van der Waals surface area contributed by atoms with Gasteiger partial charge in [0.1, 0.15) is 0 Å². The van der Waals surface area contributed by atoms with Gasteiger partial charge in [0.05, 0.1) is 22.7 Å². The number of aromatic nitrogens is 1. The Hall–Kier alpha value is -0.990. The fourth-order valence-electron chi connectivity index (χ4n) is 1.28. The molecule has 1 aromatic heterocycles. The Morgan fingerprint density at radius 1 is 1.21 bits per heavy atom. The molecule has 1 aromatic carbocycles. The lowest BCUT2D eigenvalue weighted by molar-refractivity contribution is 0.399. The third-order valence-electron chi connectivity index (χ3n) is 1.92. The van der Waals surface area contributed by atoms with Gasteiger partial charge < -0.3 is 4.74 Å². The summed E-state index contributed by atoms with van der Waals surface area (Å²) in [6.07, 6.45) is 0. The highest BCUT2D eigenvalue weighted by Crippen LogP contribution is 2.31. The van der Waals surface area contributed by atoms with Crippen molar-refractivity contribution in [3.05, 3.63) is 34.3 Å². The predicted octanol–water partition coefficient (Wildman–Crippen LogP) is 3.55. The molecule has 0 bridgehead atoms. The third-order valence-corrected chi connectivity index (χ3v) is 2.53. The Morgan fingerprint density at radius 2 is 2.00 bits per heavy atom. The summed E-state index contributed by atoms with van der Waals surface area (Å²) in [7, 11) is 1.55. The van der Waals surface area contributed by atoms with Gasteiger partial charge >= 0.3 is 0 Å². The molecule has 0 fully saturated rings. The van der Waals surface area contributed by atoms with E-state index in [1.807, 2.05) is 12.1 Å². The van der Waals surface area contributed by atoms with Crippen LogP contribution >= 0.6 is 23.2 Å². The number of methoxy groups -OCH3 is 1. The lowest BCUT2D eigenvalue weighted by Crippen LogP contribution is -1.89. The lowest BCUT2D eigenvalue weighted by atomic mass is 10.2. The molecule has 0 saturated heterocycles. The molecule has 2 rings (SSSR count). The second kappa shape index (κ2) is 3.64. The van der Waals surface area contributed by atoms with Crippen LogP contribution in [-0.2, 0) is 0 Å². The van der Waals surface area contributed by atoms with E-state index in [9.17, 15) is 0 Å². The molecule has 72 valence electrons. The molecular formula is C10H7Cl2NO. The van der Waals surface area contributed by atoms with E-state index < -0.39 is 0 Å². The maximum Gasteiger partial charge on any atom is 0.215 e. The van der Waals surface area contributed by atoms with Crippen LogP contribution in [0.2, 0.25) is 10.0 Å². The topological polar surface area (TPSA) is 22.1 Å². The molecule has 0 atom stereocenters. The Labute approximate surface area is 91.4 Å². The number of halogens is 2. The monoisotopic (exact) mass is 227 g/mol. The van der Waals surface area contributed by atoms with Crippen molar-refractivity contribution in [3.63, 3.8) is 0 Å². The number of benzene rings is 1. The molecule has 0 spiro atoms. The minimum absolute atomic E-state index is 0.491. The summed E-state index contributed by atoms with van der Waals surface area (Å²) >= 11 is 12.0. The molecule has 2 aromatic rings. The van der Waals surface area contributed by atoms with E-state index in [1.54, 1.807) is 19.2 Å². The SMILES string of the molecule is COc1cc(Cl)c2c(Cl)cccc2n1. The van der Waals surface area contributed by atoms with Crippen LogP contribution in [-0.4, -0.2) is 12.1 Å². The van der Waals surface area contributed by atoms with Crippen LogP contribution in [0.15, 0.2) is 24.3 Å². The van der Waals surface area contributed by atoms with Gasteiger partial charge in [0.25, 0.3) is 0 Å². The normalized spacial score (nSPS) is 10.5. The van der Waals surface area contributed by atoms with Crippen LogP contribution < -0.4 is 4.74 Å². The van der Waals surface area contributed by atoms with Gasteiger partial charge in [-0.05, 0) is 12.1 Å². The number of rotatable bonds is 1. The Kier molecular flexibility index (Phi) is 2.48. The highest BCUT2D eigenvalue weighted by molar-refractivity contribution is 6.42. The van der Waals surface area contributed by atoms with E-state index in [1.165, 1.54) is 0 Å². The number of hydrogen-bond acceptors (Lipinski definition) is 2. The zero-order valence-corrected chi connectivity index (χ0v) is 8.93. The molecule has 14 heavy (non-hydrogen) atoms. The molecule has 0 N–H and O–H groups in total. The van der Waals surface area contributed by atoms with Gasteiger partial charge in [0, 0.05) is 11.5 Å². The smallest absolute Gasteiger partial charge is 0.215 e. The average molecular weight is 228 g/mol. The number of pyridine rings is 1. The Morgan fingerprint density at radius 3 is 2.71 bits per heavy atom. The molecule has 0 radical (unpaired) electrons. The summed E-state index contributed by atoms with van der Waals surface area (Å²) in [4.78, 5) is 4.22. The fraction of sp³-hybridized carbons (Fsp3) is 0.100. The van der Waals surface area contributed by atoms with Gasteiger partial charge in [-0.3, -0.25) is 0 Å². The quantitative estimate of drug-likeness (QED) is 0.744. The van der Waals surface area contributed by atoms with E-state index in [0.717, 1.165) is 10.9 Å². The molecule has 0 saturated carbocycles. The van der Waals surface area contributed by atoms with E-state index in [2.05, 4.69) is 4.98 Å². The lowest BCUT2D eigenvalue weighted by Gasteiger charge is -2.04. The zero-order valence-electron chi connectivity index (χ0n) is 7.42. The average Bonchev–Trinajstić information content (AvgIpc) is 2.17. The zero-order chi connectivity index (χ0) is 10.1. The van der Waals surface area contributed by atoms with Crippen LogP contribution in [0.25, 0.3) is 10.9 Å². The van der Waals surface area contributed by atoms with E-state index >= 15 is 0 Å². The first-order valence-electron chi connectivity index (χ1n) is 4.01. The fourth-order valence-corrected chi connectivity index (χ4v) is 1.89. The Balaban J connectivity index is 2.83. The summed E-state index contributed by atoms with van der Waals surface area (Å²) in [5.74, 6) is 0.491.